The number of aromatic nitrogens is 2. The second-order valence-electron chi connectivity index (χ2n) is 4.71. The molecule has 0 unspecified atom stereocenters. The molecule has 1 saturated heterocycles. The van der Waals surface area contributed by atoms with E-state index >= 15 is 0 Å². The third-order valence-corrected chi connectivity index (χ3v) is 3.56. The van der Waals surface area contributed by atoms with Gasteiger partial charge in [0.2, 0.25) is 0 Å². The van der Waals surface area contributed by atoms with Gasteiger partial charge in [-0.25, -0.2) is 9.37 Å². The predicted molar refractivity (Wildman–Crippen MR) is 68.4 cm³/mol. The van der Waals surface area contributed by atoms with Gasteiger partial charge >= 0.3 is 0 Å². The van der Waals surface area contributed by atoms with Crippen molar-refractivity contribution in [2.45, 2.75) is 18.8 Å². The fraction of sp³-hybridized carbons (Fsp3) is 0.357. The first kappa shape index (κ1) is 11.4. The summed E-state index contributed by atoms with van der Waals surface area (Å²) in [4.78, 5) is 3.94. The molecular formula is C14H16FN3. The molecule has 1 aliphatic rings. The molecule has 0 bridgehead atoms. The van der Waals surface area contributed by atoms with E-state index in [4.69, 9.17) is 0 Å². The van der Waals surface area contributed by atoms with Crippen LogP contribution in [0.4, 0.5) is 4.39 Å². The molecule has 0 atom stereocenters. The van der Waals surface area contributed by atoms with Crippen LogP contribution in [-0.2, 0) is 0 Å². The van der Waals surface area contributed by atoms with E-state index in [9.17, 15) is 4.39 Å². The molecule has 0 aliphatic carbocycles. The van der Waals surface area contributed by atoms with Crippen molar-refractivity contribution < 1.29 is 4.39 Å². The Kier molecular flexibility index (Phi) is 3.11. The van der Waals surface area contributed by atoms with Crippen LogP contribution >= 0.6 is 0 Å². The molecule has 2 heterocycles. The second kappa shape index (κ2) is 4.90. The largest absolute Gasteiger partial charge is 0.317 e. The zero-order valence-electron chi connectivity index (χ0n) is 10.1. The van der Waals surface area contributed by atoms with Crippen molar-refractivity contribution in [3.63, 3.8) is 0 Å². The standard InChI is InChI=1S/C14H16FN3/c15-13-9-12(11-3-5-16-6-4-11)1-2-14(13)18-8-7-17-10-18/h1-2,7-11,16H,3-6H2. The van der Waals surface area contributed by atoms with Gasteiger partial charge in [0.05, 0.1) is 12.0 Å². The van der Waals surface area contributed by atoms with E-state index in [-0.39, 0.29) is 5.82 Å². The molecule has 4 heteroatoms. The van der Waals surface area contributed by atoms with Crippen LogP contribution in [-0.4, -0.2) is 22.6 Å². The molecule has 1 aromatic heterocycles. The average molecular weight is 245 g/mol. The van der Waals surface area contributed by atoms with Crippen LogP contribution in [0.1, 0.15) is 24.3 Å². The Bertz CT molecular complexity index is 516. The number of piperidine rings is 1. The summed E-state index contributed by atoms with van der Waals surface area (Å²) in [6, 6.07) is 5.55. The number of hydrogen-bond donors (Lipinski definition) is 1. The Morgan fingerprint density at radius 1 is 1.28 bits per heavy atom. The predicted octanol–water partition coefficient (Wildman–Crippen LogP) is 2.48. The highest BCUT2D eigenvalue weighted by Crippen LogP contribution is 2.27. The maximum Gasteiger partial charge on any atom is 0.147 e. The van der Waals surface area contributed by atoms with Gasteiger partial charge in [0, 0.05) is 12.4 Å². The molecule has 2 aromatic rings. The van der Waals surface area contributed by atoms with Crippen molar-refractivity contribution >= 4 is 0 Å². The van der Waals surface area contributed by atoms with Gasteiger partial charge in [-0.2, -0.15) is 0 Å². The molecule has 0 spiro atoms. The summed E-state index contributed by atoms with van der Waals surface area (Å²) in [5.41, 5.74) is 1.67. The maximum atomic E-state index is 14.1. The normalized spacial score (nSPS) is 16.9. The summed E-state index contributed by atoms with van der Waals surface area (Å²) in [6.45, 7) is 2.05. The molecule has 1 aliphatic heterocycles. The first-order valence-corrected chi connectivity index (χ1v) is 6.33. The summed E-state index contributed by atoms with van der Waals surface area (Å²) in [7, 11) is 0. The first-order chi connectivity index (χ1) is 8.84. The van der Waals surface area contributed by atoms with Gasteiger partial charge in [0.25, 0.3) is 0 Å². The summed E-state index contributed by atoms with van der Waals surface area (Å²) >= 11 is 0. The smallest absolute Gasteiger partial charge is 0.147 e. The van der Waals surface area contributed by atoms with Crippen molar-refractivity contribution in [1.29, 1.82) is 0 Å². The van der Waals surface area contributed by atoms with E-state index in [1.165, 1.54) is 0 Å². The quantitative estimate of drug-likeness (QED) is 0.881. The Hall–Kier alpha value is -1.68. The molecule has 0 saturated carbocycles. The minimum Gasteiger partial charge on any atom is -0.317 e. The van der Waals surface area contributed by atoms with Crippen LogP contribution in [0.2, 0.25) is 0 Å². The van der Waals surface area contributed by atoms with Crippen molar-refractivity contribution in [1.82, 2.24) is 14.9 Å². The van der Waals surface area contributed by atoms with Crippen LogP contribution < -0.4 is 5.32 Å². The van der Waals surface area contributed by atoms with E-state index in [0.29, 0.717) is 11.6 Å². The molecule has 1 N–H and O–H groups in total. The summed E-state index contributed by atoms with van der Waals surface area (Å²) in [5, 5.41) is 3.33. The lowest BCUT2D eigenvalue weighted by molar-refractivity contribution is 0.458. The van der Waals surface area contributed by atoms with Crippen molar-refractivity contribution in [3.05, 3.63) is 48.3 Å². The van der Waals surface area contributed by atoms with Gasteiger partial charge in [-0.3, -0.25) is 0 Å². The monoisotopic (exact) mass is 245 g/mol. The second-order valence-corrected chi connectivity index (χ2v) is 4.71. The summed E-state index contributed by atoms with van der Waals surface area (Å²) in [5.74, 6) is 0.307. The number of benzene rings is 1. The Morgan fingerprint density at radius 3 is 2.78 bits per heavy atom. The van der Waals surface area contributed by atoms with E-state index in [1.54, 1.807) is 29.4 Å². The summed E-state index contributed by atoms with van der Waals surface area (Å²) in [6.07, 6.45) is 7.19. The Labute approximate surface area is 106 Å². The highest BCUT2D eigenvalue weighted by Gasteiger charge is 2.16. The number of nitrogens with zero attached hydrogens (tertiary/aromatic N) is 2. The third-order valence-electron chi connectivity index (χ3n) is 3.56. The minimum atomic E-state index is -0.177. The highest BCUT2D eigenvalue weighted by molar-refractivity contribution is 5.37. The van der Waals surface area contributed by atoms with Crippen LogP contribution in [0, 0.1) is 5.82 Å². The molecule has 0 radical (unpaired) electrons. The van der Waals surface area contributed by atoms with Crippen molar-refractivity contribution in [2.24, 2.45) is 0 Å². The van der Waals surface area contributed by atoms with Crippen LogP contribution in [0.5, 0.6) is 0 Å². The lowest BCUT2D eigenvalue weighted by atomic mass is 9.90. The molecule has 1 fully saturated rings. The lowest BCUT2D eigenvalue weighted by Gasteiger charge is -2.23. The zero-order valence-corrected chi connectivity index (χ0v) is 10.1. The Balaban J connectivity index is 1.89. The average Bonchev–Trinajstić information content (AvgIpc) is 2.93. The van der Waals surface area contributed by atoms with Gasteiger partial charge in [-0.05, 0) is 49.5 Å². The number of nitrogens with one attached hydrogen (secondary N) is 1. The molecule has 18 heavy (non-hydrogen) atoms. The molecule has 1 aromatic carbocycles. The molecule has 0 amide bonds. The van der Waals surface area contributed by atoms with E-state index in [0.717, 1.165) is 31.5 Å². The maximum absolute atomic E-state index is 14.1. The molecule has 94 valence electrons. The fourth-order valence-electron chi connectivity index (χ4n) is 2.54. The highest BCUT2D eigenvalue weighted by atomic mass is 19.1. The zero-order chi connectivity index (χ0) is 12.4. The number of halogens is 1. The summed E-state index contributed by atoms with van der Waals surface area (Å²) < 4.78 is 15.8. The molecular weight excluding hydrogens is 229 g/mol. The Morgan fingerprint density at radius 2 is 2.11 bits per heavy atom. The van der Waals surface area contributed by atoms with Crippen molar-refractivity contribution in [3.8, 4) is 5.69 Å². The van der Waals surface area contributed by atoms with Crippen molar-refractivity contribution in [2.75, 3.05) is 13.1 Å². The van der Waals surface area contributed by atoms with Gasteiger partial charge < -0.3 is 9.88 Å². The number of imidazole rings is 1. The minimum absolute atomic E-state index is 0.177. The van der Waals surface area contributed by atoms with Crippen LogP contribution in [0.25, 0.3) is 5.69 Å². The van der Waals surface area contributed by atoms with Crippen LogP contribution in [0.3, 0.4) is 0 Å². The van der Waals surface area contributed by atoms with Gasteiger partial charge in [0.1, 0.15) is 5.82 Å². The van der Waals surface area contributed by atoms with Gasteiger partial charge in [-0.1, -0.05) is 6.07 Å². The van der Waals surface area contributed by atoms with E-state index < -0.39 is 0 Å². The molecule has 3 nitrogen and oxygen atoms in total. The van der Waals surface area contributed by atoms with Crippen LogP contribution in [0.15, 0.2) is 36.9 Å². The fourth-order valence-corrected chi connectivity index (χ4v) is 2.54. The van der Waals surface area contributed by atoms with E-state index in [1.807, 2.05) is 12.1 Å². The number of hydrogen-bond acceptors (Lipinski definition) is 2. The topological polar surface area (TPSA) is 29.9 Å². The molecule has 3 rings (SSSR count). The van der Waals surface area contributed by atoms with Gasteiger partial charge in [-0.15, -0.1) is 0 Å². The first-order valence-electron chi connectivity index (χ1n) is 6.33. The number of rotatable bonds is 2. The van der Waals surface area contributed by atoms with E-state index in [2.05, 4.69) is 10.3 Å². The lowest BCUT2D eigenvalue weighted by Crippen LogP contribution is -2.26. The van der Waals surface area contributed by atoms with Gasteiger partial charge in [0.15, 0.2) is 0 Å². The SMILES string of the molecule is Fc1cc(C2CCNCC2)ccc1-n1ccnc1. The third kappa shape index (κ3) is 2.16.